The summed E-state index contributed by atoms with van der Waals surface area (Å²) in [6, 6.07) is 2.62. The number of benzene rings is 1. The molecule has 1 aromatic carbocycles. The van der Waals surface area contributed by atoms with E-state index >= 15 is 0 Å². The van der Waals surface area contributed by atoms with Crippen LogP contribution in [0, 0.1) is 0 Å². The first-order chi connectivity index (χ1) is 10.2. The maximum absolute atomic E-state index is 10.9. The Bertz CT molecular complexity index is 701. The second-order valence-corrected chi connectivity index (χ2v) is 5.69. The van der Waals surface area contributed by atoms with Gasteiger partial charge in [-0.15, -0.1) is 0 Å². The van der Waals surface area contributed by atoms with Gasteiger partial charge in [-0.2, -0.15) is 0 Å². The van der Waals surface area contributed by atoms with E-state index in [-0.39, 0.29) is 11.8 Å². The van der Waals surface area contributed by atoms with E-state index in [4.69, 9.17) is 9.52 Å². The molecule has 0 atom stereocenters. The summed E-state index contributed by atoms with van der Waals surface area (Å²) in [5, 5.41) is 12.2. The normalized spacial score (nSPS) is 15.8. The fraction of sp³-hybridized carbons (Fsp3) is 0.375. The highest BCUT2D eigenvalue weighted by molar-refractivity contribution is 5.84. The van der Waals surface area contributed by atoms with E-state index in [0.717, 1.165) is 31.4 Å². The topological polar surface area (TPSA) is 75.4 Å². The van der Waals surface area contributed by atoms with Crippen molar-refractivity contribution >= 4 is 17.7 Å². The van der Waals surface area contributed by atoms with Gasteiger partial charge in [-0.1, -0.05) is 6.07 Å². The highest BCUT2D eigenvalue weighted by Crippen LogP contribution is 2.39. The van der Waals surface area contributed by atoms with Crippen molar-refractivity contribution in [3.8, 4) is 0 Å². The molecule has 0 saturated carbocycles. The molecule has 108 valence electrons. The largest absolute Gasteiger partial charge is 0.475 e. The molecule has 5 heteroatoms. The molecule has 2 N–H and O–H groups in total. The van der Waals surface area contributed by atoms with Gasteiger partial charge < -0.3 is 14.8 Å². The summed E-state index contributed by atoms with van der Waals surface area (Å²) >= 11 is 0. The summed E-state index contributed by atoms with van der Waals surface area (Å²) in [4.78, 5) is 14.9. The van der Waals surface area contributed by atoms with Crippen LogP contribution in [0.1, 0.15) is 45.7 Å². The lowest BCUT2D eigenvalue weighted by Crippen LogP contribution is -2.01. The molecule has 0 aliphatic heterocycles. The number of aryl methyl sites for hydroxylation is 2. The first-order valence-corrected chi connectivity index (χ1v) is 7.35. The third-order valence-corrected chi connectivity index (χ3v) is 4.42. The summed E-state index contributed by atoms with van der Waals surface area (Å²) in [6.07, 6.45) is 7.99. The number of nitrogens with one attached hydrogen (secondary N) is 1. The highest BCUT2D eigenvalue weighted by Gasteiger charge is 2.25. The smallest absolute Gasteiger partial charge is 0.373 e. The van der Waals surface area contributed by atoms with Crippen LogP contribution in [-0.2, 0) is 25.7 Å². The van der Waals surface area contributed by atoms with Crippen molar-refractivity contribution in [2.75, 3.05) is 5.32 Å². The average Bonchev–Trinajstić information content (AvgIpc) is 3.17. The van der Waals surface area contributed by atoms with Gasteiger partial charge in [0.2, 0.25) is 5.76 Å². The number of rotatable bonds is 3. The lowest BCUT2D eigenvalue weighted by atomic mass is 9.99. The zero-order valence-electron chi connectivity index (χ0n) is 11.6. The molecule has 4 rings (SSSR count). The SMILES string of the molecule is O=C(O)c1cnc(Nc2c3c(cc4c2CCC4)CCC3)o1. The van der Waals surface area contributed by atoms with Crippen LogP contribution in [0.5, 0.6) is 0 Å². The van der Waals surface area contributed by atoms with Gasteiger partial charge in [0.15, 0.2) is 0 Å². The van der Waals surface area contributed by atoms with Crippen LogP contribution >= 0.6 is 0 Å². The second kappa shape index (κ2) is 4.62. The Labute approximate surface area is 122 Å². The van der Waals surface area contributed by atoms with Crippen LogP contribution < -0.4 is 5.32 Å². The summed E-state index contributed by atoms with van der Waals surface area (Å²) in [5.41, 5.74) is 6.65. The molecule has 0 unspecified atom stereocenters. The number of nitrogens with zero attached hydrogens (tertiary/aromatic N) is 1. The number of carbonyl (C=O) groups is 1. The Morgan fingerprint density at radius 1 is 1.14 bits per heavy atom. The molecule has 0 spiro atoms. The van der Waals surface area contributed by atoms with Crippen LogP contribution in [0.2, 0.25) is 0 Å². The van der Waals surface area contributed by atoms with Gasteiger partial charge in [-0.05, 0) is 60.8 Å². The standard InChI is InChI=1S/C16H16N2O3/c19-15(20)13-8-17-16(21-13)18-14-11-5-1-3-9(11)7-10-4-2-6-12(10)14/h7-8H,1-6H2,(H,17,18)(H,19,20). The molecule has 2 aromatic rings. The van der Waals surface area contributed by atoms with Gasteiger partial charge in [-0.3, -0.25) is 0 Å². The van der Waals surface area contributed by atoms with E-state index in [9.17, 15) is 4.79 Å². The lowest BCUT2D eigenvalue weighted by Gasteiger charge is -2.14. The Balaban J connectivity index is 1.76. The lowest BCUT2D eigenvalue weighted by molar-refractivity contribution is 0.0663. The van der Waals surface area contributed by atoms with Crippen LogP contribution in [0.3, 0.4) is 0 Å². The number of carboxylic acid groups (broad SMARTS) is 1. The summed E-state index contributed by atoms with van der Waals surface area (Å²) in [6.45, 7) is 0. The number of fused-ring (bicyclic) bond motifs is 2. The Morgan fingerprint density at radius 3 is 2.38 bits per heavy atom. The average molecular weight is 284 g/mol. The third-order valence-electron chi connectivity index (χ3n) is 4.42. The van der Waals surface area contributed by atoms with Crippen molar-refractivity contribution in [2.24, 2.45) is 0 Å². The van der Waals surface area contributed by atoms with E-state index in [2.05, 4.69) is 16.4 Å². The van der Waals surface area contributed by atoms with E-state index < -0.39 is 5.97 Å². The molecule has 21 heavy (non-hydrogen) atoms. The van der Waals surface area contributed by atoms with Crippen molar-refractivity contribution in [1.29, 1.82) is 0 Å². The van der Waals surface area contributed by atoms with Gasteiger partial charge in [0.25, 0.3) is 6.01 Å². The third kappa shape index (κ3) is 2.00. The van der Waals surface area contributed by atoms with E-state index in [1.165, 1.54) is 41.3 Å². The predicted molar refractivity (Wildman–Crippen MR) is 77.2 cm³/mol. The molecule has 0 saturated heterocycles. The molecule has 5 nitrogen and oxygen atoms in total. The fourth-order valence-corrected chi connectivity index (χ4v) is 3.50. The van der Waals surface area contributed by atoms with Crippen molar-refractivity contribution in [1.82, 2.24) is 4.98 Å². The number of carboxylic acids is 1. The van der Waals surface area contributed by atoms with E-state index in [1.807, 2.05) is 0 Å². The first kappa shape index (κ1) is 12.4. The van der Waals surface area contributed by atoms with Gasteiger partial charge in [0.05, 0.1) is 6.20 Å². The number of hydrogen-bond donors (Lipinski definition) is 2. The Kier molecular flexibility index (Phi) is 2.74. The number of anilines is 2. The Hall–Kier alpha value is -2.30. The second-order valence-electron chi connectivity index (χ2n) is 5.69. The minimum absolute atomic E-state index is 0.137. The maximum atomic E-state index is 10.9. The molecular formula is C16H16N2O3. The zero-order chi connectivity index (χ0) is 14.4. The summed E-state index contributed by atoms with van der Waals surface area (Å²) in [7, 11) is 0. The predicted octanol–water partition coefficient (Wildman–Crippen LogP) is 3.09. The maximum Gasteiger partial charge on any atom is 0.373 e. The van der Waals surface area contributed by atoms with Gasteiger partial charge >= 0.3 is 5.97 Å². The molecule has 2 aliphatic rings. The van der Waals surface area contributed by atoms with Crippen LogP contribution in [0.15, 0.2) is 16.7 Å². The summed E-state index contributed by atoms with van der Waals surface area (Å²) < 4.78 is 5.25. The zero-order valence-corrected chi connectivity index (χ0v) is 11.6. The quantitative estimate of drug-likeness (QED) is 0.905. The van der Waals surface area contributed by atoms with Gasteiger partial charge in [0, 0.05) is 5.69 Å². The molecular weight excluding hydrogens is 268 g/mol. The highest BCUT2D eigenvalue weighted by atomic mass is 16.4. The van der Waals surface area contributed by atoms with E-state index in [1.54, 1.807) is 0 Å². The minimum Gasteiger partial charge on any atom is -0.475 e. The Morgan fingerprint density at radius 2 is 1.81 bits per heavy atom. The molecule has 2 aliphatic carbocycles. The van der Waals surface area contributed by atoms with Gasteiger partial charge in [-0.25, -0.2) is 9.78 Å². The van der Waals surface area contributed by atoms with Crippen molar-refractivity contribution < 1.29 is 14.3 Å². The van der Waals surface area contributed by atoms with Crippen molar-refractivity contribution in [3.05, 3.63) is 40.3 Å². The first-order valence-electron chi connectivity index (χ1n) is 7.35. The number of oxazole rings is 1. The van der Waals surface area contributed by atoms with Crippen LogP contribution in [0.25, 0.3) is 0 Å². The number of aromatic nitrogens is 1. The summed E-state index contributed by atoms with van der Waals surface area (Å²) in [5.74, 6) is -1.24. The monoisotopic (exact) mass is 284 g/mol. The van der Waals surface area contributed by atoms with Crippen molar-refractivity contribution in [3.63, 3.8) is 0 Å². The van der Waals surface area contributed by atoms with Crippen molar-refractivity contribution in [2.45, 2.75) is 38.5 Å². The molecule has 0 bridgehead atoms. The molecule has 1 heterocycles. The van der Waals surface area contributed by atoms with Gasteiger partial charge in [0.1, 0.15) is 0 Å². The number of hydrogen-bond acceptors (Lipinski definition) is 4. The molecule has 0 fully saturated rings. The number of aromatic carboxylic acids is 1. The van der Waals surface area contributed by atoms with Crippen LogP contribution in [-0.4, -0.2) is 16.1 Å². The van der Waals surface area contributed by atoms with E-state index in [0.29, 0.717) is 0 Å². The molecule has 0 amide bonds. The minimum atomic E-state index is -1.10. The van der Waals surface area contributed by atoms with Crippen LogP contribution in [0.4, 0.5) is 11.7 Å². The molecule has 0 radical (unpaired) electrons. The fourth-order valence-electron chi connectivity index (χ4n) is 3.50. The molecule has 1 aromatic heterocycles.